The third-order valence-electron chi connectivity index (χ3n) is 16.7. The Labute approximate surface area is 455 Å². The van der Waals surface area contributed by atoms with E-state index in [0.29, 0.717) is 5.56 Å². The second-order valence-corrected chi connectivity index (χ2v) is 24.2. The number of para-hydroxylation sites is 6. The summed E-state index contributed by atoms with van der Waals surface area (Å²) in [7, 11) is -3.45. The van der Waals surface area contributed by atoms with E-state index >= 15 is 0 Å². The predicted octanol–water partition coefficient (Wildman–Crippen LogP) is 15.4. The molecule has 14 aromatic rings. The van der Waals surface area contributed by atoms with Crippen molar-refractivity contribution >= 4 is 89.5 Å². The monoisotopic (exact) mass is 1000 g/mol. The van der Waals surface area contributed by atoms with Crippen LogP contribution in [0, 0.1) is 0 Å². The highest BCUT2D eigenvalue weighted by Crippen LogP contribution is 2.62. The van der Waals surface area contributed by atoms with Gasteiger partial charge in [0.25, 0.3) is 0 Å². The first-order valence-electron chi connectivity index (χ1n) is 28.8. The van der Waals surface area contributed by atoms with E-state index < -0.39 is 19.5 Å². The van der Waals surface area contributed by atoms with Gasteiger partial charge in [-0.05, 0) is 115 Å². The maximum atomic E-state index is 9.18. The molecule has 2 aliphatic heterocycles. The van der Waals surface area contributed by atoms with Gasteiger partial charge < -0.3 is 14.0 Å². The van der Waals surface area contributed by atoms with Gasteiger partial charge in [0.2, 0.25) is 0 Å². The number of nitrogens with zero attached hydrogens (tertiary/aromatic N) is 3. The zero-order chi connectivity index (χ0) is 55.0. The van der Waals surface area contributed by atoms with Crippen molar-refractivity contribution in [2.24, 2.45) is 0 Å². The van der Waals surface area contributed by atoms with E-state index in [9.17, 15) is 2.74 Å². The van der Waals surface area contributed by atoms with Crippen LogP contribution in [0.3, 0.4) is 0 Å². The lowest BCUT2D eigenvalue weighted by Gasteiger charge is -2.49. The normalized spacial score (nSPS) is 14.2. The summed E-state index contributed by atoms with van der Waals surface area (Å²) in [5, 5.41) is 9.19. The number of fused-ring (bicyclic) bond motifs is 14. The fourth-order valence-corrected chi connectivity index (χ4v) is 18.5. The molecule has 0 amide bonds. The van der Waals surface area contributed by atoms with Gasteiger partial charge in [0.1, 0.15) is 0 Å². The summed E-state index contributed by atoms with van der Waals surface area (Å²) >= 11 is 0. The summed E-state index contributed by atoms with van der Waals surface area (Å²) in [6.07, 6.45) is 0. The number of aromatic nitrogens is 2. The van der Waals surface area contributed by atoms with Crippen molar-refractivity contribution in [1.29, 1.82) is 0 Å². The first-order valence-corrected chi connectivity index (χ1v) is 28.3. The Hall–Kier alpha value is -9.74. The number of benzene rings is 12. The van der Waals surface area contributed by atoms with Crippen LogP contribution in [-0.4, -0.2) is 17.2 Å². The number of hydrogen-bond donors (Lipinski definition) is 0. The van der Waals surface area contributed by atoms with Crippen LogP contribution in [-0.2, 0) is 5.41 Å². The Kier molecular flexibility index (Phi) is 8.51. The lowest BCUT2D eigenvalue weighted by atomic mass is 9.60. The van der Waals surface area contributed by atoms with Crippen LogP contribution in [0.5, 0.6) is 0 Å². The molecule has 2 aromatic heterocycles. The van der Waals surface area contributed by atoms with Crippen molar-refractivity contribution in [2.75, 3.05) is 4.90 Å². The van der Waals surface area contributed by atoms with E-state index in [1.54, 1.807) is 0 Å². The molecule has 4 heteroatoms. The molecule has 360 valence electrons. The quantitative estimate of drug-likeness (QED) is 0.115. The smallest absolute Gasteiger partial charge is 0.179 e. The summed E-state index contributed by atoms with van der Waals surface area (Å²) in [4.78, 5) is 2.43. The Morgan fingerprint density at radius 3 is 1.51 bits per heavy atom. The van der Waals surface area contributed by atoms with Crippen LogP contribution in [0.25, 0.3) is 66.1 Å². The van der Waals surface area contributed by atoms with E-state index in [1.807, 2.05) is 12.1 Å². The van der Waals surface area contributed by atoms with Crippen molar-refractivity contribution in [2.45, 2.75) is 5.41 Å². The first kappa shape index (κ1) is 38.8. The number of anilines is 3. The van der Waals surface area contributed by atoms with Crippen molar-refractivity contribution in [1.82, 2.24) is 9.13 Å². The average molecular weight is 1000 g/mol. The highest BCUT2D eigenvalue weighted by atomic mass is 28.3. The Balaban J connectivity index is 1.05. The molecular formula is C73H49N3Si. The van der Waals surface area contributed by atoms with E-state index in [-0.39, 0.29) is 29.7 Å². The summed E-state index contributed by atoms with van der Waals surface area (Å²) < 4.78 is 49.3. The minimum atomic E-state index is -3.45. The molecule has 1 spiro atoms. The van der Waals surface area contributed by atoms with Gasteiger partial charge in [0, 0.05) is 32.9 Å². The topological polar surface area (TPSA) is 13.1 Å². The van der Waals surface area contributed by atoms with Gasteiger partial charge in [-0.25, -0.2) is 0 Å². The van der Waals surface area contributed by atoms with Crippen LogP contribution >= 0.6 is 0 Å². The molecule has 0 unspecified atom stereocenters. The van der Waals surface area contributed by atoms with Gasteiger partial charge in [-0.3, -0.25) is 0 Å². The summed E-state index contributed by atoms with van der Waals surface area (Å²) in [6.45, 7) is 0. The lowest BCUT2D eigenvalue weighted by molar-refractivity contribution is 0.716. The second-order valence-electron chi connectivity index (χ2n) is 20.4. The zero-order valence-electron chi connectivity index (χ0n) is 46.7. The molecule has 3 nitrogen and oxygen atoms in total. The van der Waals surface area contributed by atoms with Gasteiger partial charge in [-0.2, -0.15) is 0 Å². The molecule has 4 heterocycles. The van der Waals surface area contributed by atoms with E-state index in [4.69, 9.17) is 4.11 Å². The maximum Gasteiger partial charge on any atom is 0.179 e. The van der Waals surface area contributed by atoms with Gasteiger partial charge in [-0.15, -0.1) is 0 Å². The van der Waals surface area contributed by atoms with Crippen molar-refractivity contribution in [3.8, 4) is 22.5 Å². The largest absolute Gasteiger partial charge is 0.310 e. The maximum absolute atomic E-state index is 9.18. The molecule has 77 heavy (non-hydrogen) atoms. The second kappa shape index (κ2) is 16.9. The summed E-state index contributed by atoms with van der Waals surface area (Å²) in [6, 6.07) is 95.5. The predicted molar refractivity (Wildman–Crippen MR) is 324 cm³/mol. The van der Waals surface area contributed by atoms with Crippen LogP contribution in [0.15, 0.2) is 297 Å². The van der Waals surface area contributed by atoms with Crippen molar-refractivity contribution in [3.63, 3.8) is 0 Å². The fourth-order valence-electron chi connectivity index (χ4n) is 13.7. The van der Waals surface area contributed by atoms with E-state index in [2.05, 4.69) is 269 Å². The summed E-state index contributed by atoms with van der Waals surface area (Å²) in [5.41, 5.74) is 14.7. The molecule has 0 atom stereocenters. The SMILES string of the molecule is [2H]c1c([2H])c([2H])c(-c2cccc([Si](c3ccccc3)(c3ccccc3)c3ccc4c(c3)-n3c5ccc(-n6c7ccccc7c7ccccc76)cc5c5cccc(c53)C43c4ccccc4N(c4ccccc4)c4ccccc43)c2)c([2H])c1[2H]. The third kappa shape index (κ3) is 6.07. The average Bonchev–Trinajstić information content (AvgIpc) is 2.20. The minimum absolute atomic E-state index is 0.182. The standard InChI is InChI=1S/C73H49N3Si/c1-5-23-50(24-6-1)51-25-21-32-56(47-51)77(54-28-9-3-10-29-54,55-30-11-4-12-31-55)57-44-45-64-71(49-57)76-68-46-43-53(75-66-39-17-13-33-58(66)59-34-14-18-40-67(59)75)48-61(68)60-35-22-38-65(72(60)76)73(64)62-36-15-19-41-69(62)74(52-26-7-2-8-27-52)70-42-20-16-37-63(70)73/h1-49H/i1D,5D,6D,23D,24D. The zero-order valence-corrected chi connectivity index (χ0v) is 42.7. The van der Waals surface area contributed by atoms with Gasteiger partial charge in [0.15, 0.2) is 8.07 Å². The van der Waals surface area contributed by atoms with Gasteiger partial charge in [0.05, 0.1) is 51.4 Å². The third-order valence-corrected chi connectivity index (χ3v) is 21.5. The highest BCUT2D eigenvalue weighted by molar-refractivity contribution is 7.20. The highest BCUT2D eigenvalue weighted by Gasteiger charge is 2.52. The molecule has 0 aliphatic carbocycles. The molecule has 0 N–H and O–H groups in total. The molecule has 12 aromatic carbocycles. The molecule has 16 rings (SSSR count). The molecule has 0 bridgehead atoms. The fraction of sp³-hybridized carbons (Fsp3) is 0.0137. The lowest BCUT2D eigenvalue weighted by Crippen LogP contribution is -2.74. The molecule has 0 saturated heterocycles. The minimum Gasteiger partial charge on any atom is -0.310 e. The molecule has 2 aliphatic rings. The first-order chi connectivity index (χ1) is 40.3. The van der Waals surface area contributed by atoms with Crippen LogP contribution < -0.4 is 25.6 Å². The van der Waals surface area contributed by atoms with Crippen molar-refractivity contribution < 1.29 is 6.85 Å². The van der Waals surface area contributed by atoms with Crippen LogP contribution in [0.2, 0.25) is 0 Å². The van der Waals surface area contributed by atoms with Gasteiger partial charge >= 0.3 is 0 Å². The number of hydrogen-bond acceptors (Lipinski definition) is 1. The van der Waals surface area contributed by atoms with Gasteiger partial charge in [-0.1, -0.05) is 236 Å². The molecule has 0 fully saturated rings. The van der Waals surface area contributed by atoms with E-state index in [1.165, 1.54) is 27.5 Å². The van der Waals surface area contributed by atoms with E-state index in [0.717, 1.165) is 87.6 Å². The van der Waals surface area contributed by atoms with Crippen LogP contribution in [0.1, 0.15) is 29.1 Å². The summed E-state index contributed by atoms with van der Waals surface area (Å²) in [5.74, 6) is 0. The van der Waals surface area contributed by atoms with Crippen molar-refractivity contribution in [3.05, 3.63) is 319 Å². The van der Waals surface area contributed by atoms with Crippen LogP contribution in [0.4, 0.5) is 17.1 Å². The molecular weight excluding hydrogens is 947 g/mol. The Morgan fingerprint density at radius 2 is 0.831 bits per heavy atom. The number of rotatable bonds is 7. The Morgan fingerprint density at radius 1 is 0.312 bits per heavy atom. The molecule has 0 radical (unpaired) electrons. The molecule has 0 saturated carbocycles. The Bertz CT molecular complexity index is 4790.